The maximum Gasteiger partial charge on any atom is 0.236 e. The Kier molecular flexibility index (Phi) is 4.54. The topological polar surface area (TPSA) is 61.9 Å². The summed E-state index contributed by atoms with van der Waals surface area (Å²) in [7, 11) is 1.66. The number of ether oxygens (including phenoxy) is 1. The van der Waals surface area contributed by atoms with Gasteiger partial charge in [0.1, 0.15) is 0 Å². The summed E-state index contributed by atoms with van der Waals surface area (Å²) in [6, 6.07) is 0. The van der Waals surface area contributed by atoms with Crippen LogP contribution in [0.2, 0.25) is 0 Å². The monoisotopic (exact) mass is 255 g/mol. The molecule has 0 aliphatic carbocycles. The van der Waals surface area contributed by atoms with Crippen molar-refractivity contribution in [2.75, 3.05) is 53.0 Å². The summed E-state index contributed by atoms with van der Waals surface area (Å²) in [5, 5.41) is 2.67. The van der Waals surface area contributed by atoms with Crippen LogP contribution in [0.3, 0.4) is 0 Å². The quantitative estimate of drug-likeness (QED) is 0.696. The molecule has 0 spiro atoms. The minimum absolute atomic E-state index is 0.0347. The highest BCUT2D eigenvalue weighted by molar-refractivity contribution is 5.80. The Morgan fingerprint density at radius 1 is 1.28 bits per heavy atom. The zero-order chi connectivity index (χ0) is 13.0. The molecule has 0 aromatic rings. The van der Waals surface area contributed by atoms with E-state index in [0.717, 1.165) is 13.0 Å². The van der Waals surface area contributed by atoms with E-state index in [-0.39, 0.29) is 17.7 Å². The van der Waals surface area contributed by atoms with Gasteiger partial charge in [-0.15, -0.1) is 0 Å². The van der Waals surface area contributed by atoms with E-state index in [1.165, 1.54) is 0 Å². The van der Waals surface area contributed by atoms with Gasteiger partial charge in [0, 0.05) is 26.7 Å². The van der Waals surface area contributed by atoms with E-state index >= 15 is 0 Å². The van der Waals surface area contributed by atoms with Crippen LogP contribution < -0.4 is 5.32 Å². The third-order valence-electron chi connectivity index (χ3n) is 3.61. The fraction of sp³-hybridized carbons (Fsp3) is 0.833. The van der Waals surface area contributed by atoms with Crippen molar-refractivity contribution in [2.45, 2.75) is 6.42 Å². The minimum atomic E-state index is 0.0347. The Morgan fingerprint density at radius 3 is 2.67 bits per heavy atom. The number of nitrogens with one attached hydrogen (secondary N) is 1. The average molecular weight is 255 g/mol. The Hall–Kier alpha value is -1.14. The molecule has 2 heterocycles. The molecule has 2 aliphatic heterocycles. The molecule has 2 aliphatic rings. The van der Waals surface area contributed by atoms with Crippen molar-refractivity contribution in [3.8, 4) is 0 Å². The fourth-order valence-corrected chi connectivity index (χ4v) is 2.50. The summed E-state index contributed by atoms with van der Waals surface area (Å²) in [5.74, 6) is 0.264. The maximum absolute atomic E-state index is 12.0. The predicted octanol–water partition coefficient (Wildman–Crippen LogP) is -1.09. The first kappa shape index (κ1) is 13.3. The van der Waals surface area contributed by atoms with Crippen molar-refractivity contribution in [3.63, 3.8) is 0 Å². The van der Waals surface area contributed by atoms with Crippen LogP contribution in [0.1, 0.15) is 6.42 Å². The smallest absolute Gasteiger partial charge is 0.236 e. The van der Waals surface area contributed by atoms with Crippen molar-refractivity contribution in [1.29, 1.82) is 0 Å². The largest absolute Gasteiger partial charge is 0.378 e. The molecule has 2 saturated heterocycles. The number of hydrogen-bond donors (Lipinski definition) is 1. The van der Waals surface area contributed by atoms with Crippen LogP contribution in [-0.4, -0.2) is 74.6 Å². The first-order chi connectivity index (χ1) is 8.70. The first-order valence-corrected chi connectivity index (χ1v) is 6.50. The van der Waals surface area contributed by atoms with Gasteiger partial charge < -0.3 is 15.0 Å². The zero-order valence-electron chi connectivity index (χ0n) is 10.9. The predicted molar refractivity (Wildman–Crippen MR) is 66.0 cm³/mol. The van der Waals surface area contributed by atoms with E-state index in [0.29, 0.717) is 39.4 Å². The van der Waals surface area contributed by atoms with Crippen LogP contribution in [-0.2, 0) is 14.3 Å². The molecular formula is C12H21N3O3. The van der Waals surface area contributed by atoms with Gasteiger partial charge in [-0.2, -0.15) is 0 Å². The van der Waals surface area contributed by atoms with Gasteiger partial charge in [0.15, 0.2) is 0 Å². The van der Waals surface area contributed by atoms with Gasteiger partial charge in [0.05, 0.1) is 25.7 Å². The molecule has 2 rings (SSSR count). The van der Waals surface area contributed by atoms with E-state index in [2.05, 4.69) is 10.2 Å². The van der Waals surface area contributed by atoms with Gasteiger partial charge in [-0.1, -0.05) is 0 Å². The van der Waals surface area contributed by atoms with E-state index in [1.807, 2.05) is 4.90 Å². The molecule has 0 bridgehead atoms. The Bertz CT molecular complexity index is 316. The lowest BCUT2D eigenvalue weighted by molar-refractivity contribution is -0.136. The summed E-state index contributed by atoms with van der Waals surface area (Å²) >= 11 is 0. The summed E-state index contributed by atoms with van der Waals surface area (Å²) in [4.78, 5) is 27.4. The molecule has 1 unspecified atom stereocenters. The van der Waals surface area contributed by atoms with Gasteiger partial charge in [-0.3, -0.25) is 14.5 Å². The average Bonchev–Trinajstić information content (AvgIpc) is 2.87. The second-order valence-electron chi connectivity index (χ2n) is 4.83. The standard InChI is InChI=1S/C12H21N3O3/c1-13-12(17)10-2-3-14(8-10)9-11(16)15-4-6-18-7-5-15/h10H,2-9H2,1H3,(H,13,17). The number of amides is 2. The number of carbonyl (C=O) groups is 2. The number of hydrogen-bond acceptors (Lipinski definition) is 4. The van der Waals surface area contributed by atoms with Gasteiger partial charge >= 0.3 is 0 Å². The van der Waals surface area contributed by atoms with Crippen molar-refractivity contribution in [3.05, 3.63) is 0 Å². The molecule has 18 heavy (non-hydrogen) atoms. The van der Waals surface area contributed by atoms with Crippen molar-refractivity contribution < 1.29 is 14.3 Å². The van der Waals surface area contributed by atoms with Crippen molar-refractivity contribution in [1.82, 2.24) is 15.1 Å². The maximum atomic E-state index is 12.0. The van der Waals surface area contributed by atoms with E-state index in [1.54, 1.807) is 7.05 Å². The molecule has 1 N–H and O–H groups in total. The van der Waals surface area contributed by atoms with E-state index < -0.39 is 0 Å². The number of nitrogens with zero attached hydrogens (tertiary/aromatic N) is 2. The molecule has 1 atom stereocenters. The number of morpholine rings is 1. The molecule has 2 amide bonds. The van der Waals surface area contributed by atoms with Crippen LogP contribution >= 0.6 is 0 Å². The SMILES string of the molecule is CNC(=O)C1CCN(CC(=O)N2CCOCC2)C1. The fourth-order valence-electron chi connectivity index (χ4n) is 2.50. The molecule has 0 saturated carbocycles. The normalized spacial score (nSPS) is 25.2. The van der Waals surface area contributed by atoms with E-state index in [9.17, 15) is 9.59 Å². The molecule has 102 valence electrons. The third kappa shape index (κ3) is 3.20. The molecule has 2 fully saturated rings. The molecular weight excluding hydrogens is 234 g/mol. The van der Waals surface area contributed by atoms with Crippen molar-refractivity contribution in [2.24, 2.45) is 5.92 Å². The Labute approximate surface area is 107 Å². The van der Waals surface area contributed by atoms with Crippen LogP contribution in [0.25, 0.3) is 0 Å². The van der Waals surface area contributed by atoms with Gasteiger partial charge in [0.25, 0.3) is 0 Å². The van der Waals surface area contributed by atoms with Gasteiger partial charge in [0.2, 0.25) is 11.8 Å². The van der Waals surface area contributed by atoms with Crippen LogP contribution in [0.5, 0.6) is 0 Å². The summed E-state index contributed by atoms with van der Waals surface area (Å²) in [5.41, 5.74) is 0. The number of likely N-dealkylation sites (tertiary alicyclic amines) is 1. The van der Waals surface area contributed by atoms with Gasteiger partial charge in [-0.05, 0) is 13.0 Å². The second kappa shape index (κ2) is 6.15. The zero-order valence-corrected chi connectivity index (χ0v) is 10.9. The lowest BCUT2D eigenvalue weighted by Crippen LogP contribution is -2.45. The Balaban J connectivity index is 1.76. The van der Waals surface area contributed by atoms with Crippen LogP contribution in [0.15, 0.2) is 0 Å². The summed E-state index contributed by atoms with van der Waals surface area (Å²) in [6.07, 6.45) is 0.843. The molecule has 6 heteroatoms. The lowest BCUT2D eigenvalue weighted by atomic mass is 10.1. The molecule has 0 radical (unpaired) electrons. The minimum Gasteiger partial charge on any atom is -0.378 e. The van der Waals surface area contributed by atoms with Crippen molar-refractivity contribution >= 4 is 11.8 Å². The molecule has 0 aromatic carbocycles. The van der Waals surface area contributed by atoms with Crippen LogP contribution in [0, 0.1) is 5.92 Å². The van der Waals surface area contributed by atoms with E-state index in [4.69, 9.17) is 4.74 Å². The highest BCUT2D eigenvalue weighted by Crippen LogP contribution is 2.16. The lowest BCUT2D eigenvalue weighted by Gasteiger charge is -2.28. The second-order valence-corrected chi connectivity index (χ2v) is 4.83. The van der Waals surface area contributed by atoms with Crippen LogP contribution in [0.4, 0.5) is 0 Å². The summed E-state index contributed by atoms with van der Waals surface area (Å²) in [6.45, 7) is 4.58. The summed E-state index contributed by atoms with van der Waals surface area (Å²) < 4.78 is 5.22. The molecule has 6 nitrogen and oxygen atoms in total. The Morgan fingerprint density at radius 2 is 2.00 bits per heavy atom. The number of rotatable bonds is 3. The highest BCUT2D eigenvalue weighted by Gasteiger charge is 2.29. The van der Waals surface area contributed by atoms with Gasteiger partial charge in [-0.25, -0.2) is 0 Å². The number of carbonyl (C=O) groups excluding carboxylic acids is 2. The third-order valence-corrected chi connectivity index (χ3v) is 3.61. The molecule has 0 aromatic heterocycles. The highest BCUT2D eigenvalue weighted by atomic mass is 16.5. The first-order valence-electron chi connectivity index (χ1n) is 6.50.